The van der Waals surface area contributed by atoms with E-state index in [1.807, 2.05) is 29.6 Å². The fraction of sp³-hybridized carbons (Fsp3) is 0.100. The van der Waals surface area contributed by atoms with Crippen molar-refractivity contribution in [2.45, 2.75) is 6.42 Å². The van der Waals surface area contributed by atoms with E-state index in [2.05, 4.69) is 4.98 Å². The summed E-state index contributed by atoms with van der Waals surface area (Å²) in [6.45, 7) is 0. The van der Waals surface area contributed by atoms with Crippen molar-refractivity contribution in [3.8, 4) is 0 Å². The fourth-order valence-corrected chi connectivity index (χ4v) is 2.01. The van der Waals surface area contributed by atoms with E-state index in [-0.39, 0.29) is 0 Å². The van der Waals surface area contributed by atoms with Crippen LogP contribution in [-0.2, 0) is 6.42 Å². The number of anilines is 1. The molecule has 4 heteroatoms. The van der Waals surface area contributed by atoms with Crippen LogP contribution in [0.5, 0.6) is 0 Å². The summed E-state index contributed by atoms with van der Waals surface area (Å²) >= 11 is 7.48. The first-order valence-corrected chi connectivity index (χ1v) is 5.45. The van der Waals surface area contributed by atoms with Crippen molar-refractivity contribution in [1.29, 1.82) is 0 Å². The number of benzene rings is 1. The summed E-state index contributed by atoms with van der Waals surface area (Å²) in [5.74, 6) is 0. The number of hydrogen-bond donors (Lipinski definition) is 1. The summed E-state index contributed by atoms with van der Waals surface area (Å²) in [7, 11) is 0. The van der Waals surface area contributed by atoms with Gasteiger partial charge in [-0.25, -0.2) is 4.98 Å². The highest BCUT2D eigenvalue weighted by Crippen LogP contribution is 2.20. The molecular formula is C10H9ClN2S. The SMILES string of the molecule is Nc1nc(Cc2ccccc2Cl)cs1. The fourth-order valence-electron chi connectivity index (χ4n) is 1.24. The second-order valence-corrected chi connectivity index (χ2v) is 4.24. The third-order valence-electron chi connectivity index (χ3n) is 1.90. The van der Waals surface area contributed by atoms with Crippen molar-refractivity contribution >= 4 is 28.1 Å². The summed E-state index contributed by atoms with van der Waals surface area (Å²) < 4.78 is 0. The predicted octanol–water partition coefficient (Wildman–Crippen LogP) is 2.97. The molecule has 0 radical (unpaired) electrons. The number of hydrogen-bond acceptors (Lipinski definition) is 3. The van der Waals surface area contributed by atoms with Gasteiger partial charge in [-0.2, -0.15) is 0 Å². The Kier molecular flexibility index (Phi) is 2.70. The summed E-state index contributed by atoms with van der Waals surface area (Å²) in [5, 5.41) is 3.34. The lowest BCUT2D eigenvalue weighted by Gasteiger charge is -2.00. The first kappa shape index (κ1) is 9.49. The van der Waals surface area contributed by atoms with Gasteiger partial charge < -0.3 is 5.73 Å². The van der Waals surface area contributed by atoms with E-state index in [0.29, 0.717) is 5.13 Å². The quantitative estimate of drug-likeness (QED) is 0.852. The molecule has 0 aliphatic carbocycles. The zero-order chi connectivity index (χ0) is 9.97. The number of rotatable bonds is 2. The zero-order valence-corrected chi connectivity index (χ0v) is 8.98. The molecule has 2 aromatic rings. The molecule has 0 saturated heterocycles. The molecule has 0 spiro atoms. The Morgan fingerprint density at radius 2 is 2.14 bits per heavy atom. The second-order valence-electron chi connectivity index (χ2n) is 2.95. The number of halogens is 1. The standard InChI is InChI=1S/C10H9ClN2S/c11-9-4-2-1-3-7(9)5-8-6-14-10(12)13-8/h1-4,6H,5H2,(H2,12,13). The molecule has 14 heavy (non-hydrogen) atoms. The van der Waals surface area contributed by atoms with E-state index in [0.717, 1.165) is 22.7 Å². The number of aromatic nitrogens is 1. The van der Waals surface area contributed by atoms with Gasteiger partial charge in [0.15, 0.2) is 5.13 Å². The average molecular weight is 225 g/mol. The van der Waals surface area contributed by atoms with Crippen molar-refractivity contribution in [1.82, 2.24) is 4.98 Å². The molecular weight excluding hydrogens is 216 g/mol. The smallest absolute Gasteiger partial charge is 0.180 e. The van der Waals surface area contributed by atoms with Gasteiger partial charge in [-0.05, 0) is 11.6 Å². The molecule has 1 aromatic carbocycles. The highest BCUT2D eigenvalue weighted by Gasteiger charge is 2.03. The Morgan fingerprint density at radius 1 is 1.36 bits per heavy atom. The van der Waals surface area contributed by atoms with E-state index in [1.54, 1.807) is 0 Å². The summed E-state index contributed by atoms with van der Waals surface area (Å²) in [6.07, 6.45) is 0.743. The van der Waals surface area contributed by atoms with Crippen LogP contribution in [0.2, 0.25) is 5.02 Å². The Balaban J connectivity index is 2.23. The Bertz CT molecular complexity index is 439. The van der Waals surface area contributed by atoms with Crippen LogP contribution in [0.25, 0.3) is 0 Å². The molecule has 2 N–H and O–H groups in total. The largest absolute Gasteiger partial charge is 0.375 e. The lowest BCUT2D eigenvalue weighted by atomic mass is 10.1. The first-order valence-electron chi connectivity index (χ1n) is 4.19. The molecule has 2 nitrogen and oxygen atoms in total. The Morgan fingerprint density at radius 3 is 2.79 bits per heavy atom. The van der Waals surface area contributed by atoms with Crippen molar-refractivity contribution in [3.63, 3.8) is 0 Å². The molecule has 0 unspecified atom stereocenters. The lowest BCUT2D eigenvalue weighted by Crippen LogP contribution is -1.90. The van der Waals surface area contributed by atoms with Gasteiger partial charge in [0.25, 0.3) is 0 Å². The zero-order valence-electron chi connectivity index (χ0n) is 7.40. The minimum Gasteiger partial charge on any atom is -0.375 e. The number of nitrogen functional groups attached to an aromatic ring is 1. The van der Waals surface area contributed by atoms with Crippen molar-refractivity contribution in [3.05, 3.63) is 45.9 Å². The maximum absolute atomic E-state index is 6.03. The normalized spacial score (nSPS) is 10.4. The van der Waals surface area contributed by atoms with E-state index in [4.69, 9.17) is 17.3 Å². The van der Waals surface area contributed by atoms with Crippen molar-refractivity contribution in [2.75, 3.05) is 5.73 Å². The average Bonchev–Trinajstić information content (AvgIpc) is 2.56. The van der Waals surface area contributed by atoms with Crippen LogP contribution < -0.4 is 5.73 Å². The Hall–Kier alpha value is -1.06. The maximum Gasteiger partial charge on any atom is 0.180 e. The van der Waals surface area contributed by atoms with Gasteiger partial charge in [-0.15, -0.1) is 11.3 Å². The number of nitrogens with zero attached hydrogens (tertiary/aromatic N) is 1. The molecule has 2 rings (SSSR count). The van der Waals surface area contributed by atoms with Crippen LogP contribution in [-0.4, -0.2) is 4.98 Å². The van der Waals surface area contributed by atoms with Crippen molar-refractivity contribution < 1.29 is 0 Å². The molecule has 1 aromatic heterocycles. The molecule has 0 aliphatic rings. The van der Waals surface area contributed by atoms with Crippen LogP contribution in [0.15, 0.2) is 29.6 Å². The molecule has 0 atom stereocenters. The molecule has 0 aliphatic heterocycles. The van der Waals surface area contributed by atoms with Gasteiger partial charge in [0.2, 0.25) is 0 Å². The number of thiazole rings is 1. The van der Waals surface area contributed by atoms with Gasteiger partial charge in [-0.3, -0.25) is 0 Å². The molecule has 72 valence electrons. The van der Waals surface area contributed by atoms with Crippen LogP contribution in [0, 0.1) is 0 Å². The van der Waals surface area contributed by atoms with Gasteiger partial charge in [0.05, 0.1) is 5.69 Å². The molecule has 0 bridgehead atoms. The Labute approximate surface area is 91.4 Å². The highest BCUT2D eigenvalue weighted by molar-refractivity contribution is 7.13. The summed E-state index contributed by atoms with van der Waals surface area (Å²) in [5.41, 5.74) is 7.60. The first-order chi connectivity index (χ1) is 6.75. The maximum atomic E-state index is 6.03. The van der Waals surface area contributed by atoms with Crippen LogP contribution in [0.3, 0.4) is 0 Å². The third kappa shape index (κ3) is 2.05. The van der Waals surface area contributed by atoms with E-state index in [9.17, 15) is 0 Å². The monoisotopic (exact) mass is 224 g/mol. The van der Waals surface area contributed by atoms with E-state index < -0.39 is 0 Å². The number of nitrogens with two attached hydrogens (primary N) is 1. The van der Waals surface area contributed by atoms with E-state index >= 15 is 0 Å². The van der Waals surface area contributed by atoms with Gasteiger partial charge >= 0.3 is 0 Å². The van der Waals surface area contributed by atoms with E-state index in [1.165, 1.54) is 11.3 Å². The second kappa shape index (κ2) is 3.98. The molecule has 1 heterocycles. The summed E-state index contributed by atoms with van der Waals surface area (Å²) in [6, 6.07) is 7.77. The van der Waals surface area contributed by atoms with Crippen LogP contribution in [0.1, 0.15) is 11.3 Å². The van der Waals surface area contributed by atoms with Gasteiger partial charge in [0, 0.05) is 16.8 Å². The van der Waals surface area contributed by atoms with Crippen molar-refractivity contribution in [2.24, 2.45) is 0 Å². The minimum atomic E-state index is 0.604. The van der Waals surface area contributed by atoms with Crippen LogP contribution >= 0.6 is 22.9 Å². The van der Waals surface area contributed by atoms with Gasteiger partial charge in [-0.1, -0.05) is 29.8 Å². The summed E-state index contributed by atoms with van der Waals surface area (Å²) in [4.78, 5) is 4.18. The van der Waals surface area contributed by atoms with Gasteiger partial charge in [0.1, 0.15) is 0 Å². The third-order valence-corrected chi connectivity index (χ3v) is 2.99. The highest BCUT2D eigenvalue weighted by atomic mass is 35.5. The minimum absolute atomic E-state index is 0.604. The lowest BCUT2D eigenvalue weighted by molar-refractivity contribution is 1.11. The molecule has 0 fully saturated rings. The topological polar surface area (TPSA) is 38.9 Å². The molecule has 0 saturated carbocycles. The van der Waals surface area contributed by atoms with Crippen LogP contribution in [0.4, 0.5) is 5.13 Å². The predicted molar refractivity (Wildman–Crippen MR) is 60.8 cm³/mol. The molecule has 0 amide bonds.